The van der Waals surface area contributed by atoms with Crippen LogP contribution in [0.2, 0.25) is 0 Å². The quantitative estimate of drug-likeness (QED) is 0.739. The Labute approximate surface area is 77.9 Å². The first-order valence-electron chi connectivity index (χ1n) is 3.60. The number of hydrogen-bond donors (Lipinski definition) is 0. The molecule has 2 heterocycles. The number of alkyl halides is 1. The molecule has 1 aromatic heterocycles. The molecule has 0 amide bonds. The van der Waals surface area contributed by atoms with Gasteiger partial charge >= 0.3 is 0 Å². The number of hydrogen-bond acceptors (Lipinski definition) is 2. The van der Waals surface area contributed by atoms with Gasteiger partial charge in [-0.1, -0.05) is 0 Å². The van der Waals surface area contributed by atoms with Gasteiger partial charge in [0.2, 0.25) is 0 Å². The van der Waals surface area contributed by atoms with Crippen molar-refractivity contribution in [3.8, 4) is 0 Å². The molecule has 0 atom stereocenters. The van der Waals surface area contributed by atoms with Gasteiger partial charge in [0.1, 0.15) is 0 Å². The van der Waals surface area contributed by atoms with Gasteiger partial charge in [0, 0.05) is 10.7 Å². The molecule has 0 aromatic carbocycles. The molecule has 0 bridgehead atoms. The highest BCUT2D eigenvalue weighted by Crippen LogP contribution is 2.36. The maximum absolute atomic E-state index is 13.7. The van der Waals surface area contributed by atoms with E-state index >= 15 is 0 Å². The molecule has 12 heavy (non-hydrogen) atoms. The predicted molar refractivity (Wildman–Crippen MR) is 45.5 cm³/mol. The zero-order chi connectivity index (χ0) is 8.60. The Balaban J connectivity index is 2.39. The van der Waals surface area contributed by atoms with E-state index in [1.165, 1.54) is 0 Å². The molecule has 0 unspecified atom stereocenters. The molecule has 0 radical (unpaired) electrons. The van der Waals surface area contributed by atoms with Crippen LogP contribution < -0.4 is 0 Å². The summed E-state index contributed by atoms with van der Waals surface area (Å²) < 4.78 is 19.2. The van der Waals surface area contributed by atoms with Crippen molar-refractivity contribution < 1.29 is 9.13 Å². The van der Waals surface area contributed by atoms with E-state index in [9.17, 15) is 4.39 Å². The van der Waals surface area contributed by atoms with E-state index in [-0.39, 0.29) is 13.2 Å². The molecular formula is C8H7BrFNO. The summed E-state index contributed by atoms with van der Waals surface area (Å²) in [6.07, 6.45) is 1.58. The average Bonchev–Trinajstić information content (AvgIpc) is 2.01. The van der Waals surface area contributed by atoms with Crippen LogP contribution in [0.3, 0.4) is 0 Å². The Kier molecular flexibility index (Phi) is 1.88. The number of aromatic nitrogens is 1. The van der Waals surface area contributed by atoms with Crippen LogP contribution in [0.1, 0.15) is 5.69 Å². The van der Waals surface area contributed by atoms with Crippen molar-refractivity contribution >= 4 is 15.9 Å². The van der Waals surface area contributed by atoms with Gasteiger partial charge in [0.25, 0.3) is 0 Å². The topological polar surface area (TPSA) is 22.1 Å². The molecule has 1 fully saturated rings. The fourth-order valence-corrected chi connectivity index (χ4v) is 1.74. The lowest BCUT2D eigenvalue weighted by Crippen LogP contribution is -2.43. The highest BCUT2D eigenvalue weighted by Gasteiger charge is 2.43. The van der Waals surface area contributed by atoms with Crippen molar-refractivity contribution in [2.24, 2.45) is 0 Å². The summed E-state index contributed by atoms with van der Waals surface area (Å²) in [6, 6.07) is 3.54. The summed E-state index contributed by atoms with van der Waals surface area (Å²) in [5.74, 6) is 0. The van der Waals surface area contributed by atoms with Crippen LogP contribution in [-0.4, -0.2) is 18.2 Å². The lowest BCUT2D eigenvalue weighted by atomic mass is 10.00. The van der Waals surface area contributed by atoms with Gasteiger partial charge in [-0.25, -0.2) is 4.39 Å². The van der Waals surface area contributed by atoms with E-state index in [1.54, 1.807) is 18.3 Å². The van der Waals surface area contributed by atoms with Crippen LogP contribution in [0.4, 0.5) is 4.39 Å². The third-order valence-corrected chi connectivity index (χ3v) is 2.48. The Morgan fingerprint density at radius 2 is 2.33 bits per heavy atom. The van der Waals surface area contributed by atoms with E-state index in [2.05, 4.69) is 20.9 Å². The second-order valence-corrected chi connectivity index (χ2v) is 3.65. The maximum Gasteiger partial charge on any atom is 0.199 e. The first kappa shape index (κ1) is 8.13. The van der Waals surface area contributed by atoms with Gasteiger partial charge in [-0.05, 0) is 28.1 Å². The second kappa shape index (κ2) is 2.78. The lowest BCUT2D eigenvalue weighted by molar-refractivity contribution is -0.138. The molecule has 0 spiro atoms. The van der Waals surface area contributed by atoms with Crippen LogP contribution in [0, 0.1) is 0 Å². The normalized spacial score (nSPS) is 20.2. The molecule has 0 saturated carbocycles. The number of halogens is 2. The third kappa shape index (κ3) is 1.15. The Bertz CT molecular complexity index is 301. The number of rotatable bonds is 1. The van der Waals surface area contributed by atoms with E-state index in [4.69, 9.17) is 4.74 Å². The Morgan fingerprint density at radius 3 is 2.83 bits per heavy atom. The number of nitrogens with zero attached hydrogens (tertiary/aromatic N) is 1. The van der Waals surface area contributed by atoms with Crippen molar-refractivity contribution in [2.45, 2.75) is 5.67 Å². The summed E-state index contributed by atoms with van der Waals surface area (Å²) in [6.45, 7) is 0.227. The fraction of sp³-hybridized carbons (Fsp3) is 0.375. The highest BCUT2D eigenvalue weighted by atomic mass is 79.9. The van der Waals surface area contributed by atoms with Gasteiger partial charge < -0.3 is 4.74 Å². The summed E-state index contributed by atoms with van der Waals surface area (Å²) in [7, 11) is 0. The largest absolute Gasteiger partial charge is 0.374 e. The molecule has 64 valence electrons. The van der Waals surface area contributed by atoms with Crippen LogP contribution in [0.25, 0.3) is 0 Å². The highest BCUT2D eigenvalue weighted by molar-refractivity contribution is 9.10. The van der Waals surface area contributed by atoms with Gasteiger partial charge in [0.05, 0.1) is 18.9 Å². The second-order valence-electron chi connectivity index (χ2n) is 2.79. The minimum absolute atomic E-state index is 0.114. The van der Waals surface area contributed by atoms with Gasteiger partial charge in [-0.15, -0.1) is 0 Å². The molecule has 2 rings (SSSR count). The molecule has 2 nitrogen and oxygen atoms in total. The minimum Gasteiger partial charge on any atom is -0.374 e. The predicted octanol–water partition coefficient (Wildman–Crippen LogP) is 2.04. The van der Waals surface area contributed by atoms with Crippen molar-refractivity contribution in [3.63, 3.8) is 0 Å². The summed E-state index contributed by atoms with van der Waals surface area (Å²) in [5.41, 5.74) is -0.934. The Hall–Kier alpha value is -0.480. The van der Waals surface area contributed by atoms with Crippen LogP contribution >= 0.6 is 15.9 Å². The van der Waals surface area contributed by atoms with Crippen molar-refractivity contribution in [2.75, 3.05) is 13.2 Å². The minimum atomic E-state index is -1.37. The number of pyridine rings is 1. The SMILES string of the molecule is FC1(c2ncccc2Br)COC1. The molecule has 1 aromatic rings. The van der Waals surface area contributed by atoms with Gasteiger partial charge in [-0.3, -0.25) is 4.98 Å². The smallest absolute Gasteiger partial charge is 0.199 e. The molecule has 1 aliphatic heterocycles. The maximum atomic E-state index is 13.7. The molecule has 0 aliphatic carbocycles. The summed E-state index contributed by atoms with van der Waals surface area (Å²) in [4.78, 5) is 3.97. The van der Waals surface area contributed by atoms with Crippen molar-refractivity contribution in [1.82, 2.24) is 4.98 Å². The van der Waals surface area contributed by atoms with Crippen LogP contribution in [-0.2, 0) is 10.4 Å². The first-order valence-corrected chi connectivity index (χ1v) is 4.39. The molecule has 0 N–H and O–H groups in total. The zero-order valence-electron chi connectivity index (χ0n) is 6.26. The van der Waals surface area contributed by atoms with E-state index in [0.717, 1.165) is 0 Å². The van der Waals surface area contributed by atoms with E-state index < -0.39 is 5.67 Å². The summed E-state index contributed by atoms with van der Waals surface area (Å²) >= 11 is 3.25. The molecule has 4 heteroatoms. The average molecular weight is 232 g/mol. The summed E-state index contributed by atoms with van der Waals surface area (Å²) in [5, 5.41) is 0. The molecule has 1 saturated heterocycles. The third-order valence-electron chi connectivity index (χ3n) is 1.84. The van der Waals surface area contributed by atoms with E-state index in [0.29, 0.717) is 10.2 Å². The standard InChI is InChI=1S/C8H7BrFNO/c9-6-2-1-3-11-7(6)8(10)4-12-5-8/h1-3H,4-5H2. The van der Waals surface area contributed by atoms with Crippen molar-refractivity contribution in [3.05, 3.63) is 28.5 Å². The van der Waals surface area contributed by atoms with E-state index in [1.807, 2.05) is 0 Å². The van der Waals surface area contributed by atoms with Gasteiger partial charge in [-0.2, -0.15) is 0 Å². The van der Waals surface area contributed by atoms with Crippen LogP contribution in [0.15, 0.2) is 22.8 Å². The molecular weight excluding hydrogens is 225 g/mol. The zero-order valence-corrected chi connectivity index (χ0v) is 7.84. The fourth-order valence-electron chi connectivity index (χ4n) is 1.13. The van der Waals surface area contributed by atoms with Crippen molar-refractivity contribution in [1.29, 1.82) is 0 Å². The Morgan fingerprint density at radius 1 is 1.58 bits per heavy atom. The first-order chi connectivity index (χ1) is 5.72. The lowest BCUT2D eigenvalue weighted by Gasteiger charge is -2.33. The number of ether oxygens (including phenoxy) is 1. The molecule has 1 aliphatic rings. The van der Waals surface area contributed by atoms with Gasteiger partial charge in [0.15, 0.2) is 5.67 Å². The monoisotopic (exact) mass is 231 g/mol. The van der Waals surface area contributed by atoms with Crippen LogP contribution in [0.5, 0.6) is 0 Å².